The van der Waals surface area contributed by atoms with E-state index in [0.717, 1.165) is 40.8 Å². The van der Waals surface area contributed by atoms with Crippen molar-refractivity contribution in [3.8, 4) is 0 Å². The van der Waals surface area contributed by atoms with Gasteiger partial charge < -0.3 is 20.3 Å². The molecule has 0 aliphatic rings. The lowest BCUT2D eigenvalue weighted by atomic mass is 9.95. The maximum absolute atomic E-state index is 14.4. The van der Waals surface area contributed by atoms with E-state index in [1.165, 1.54) is 0 Å². The van der Waals surface area contributed by atoms with Gasteiger partial charge in [0.25, 0.3) is 5.91 Å². The van der Waals surface area contributed by atoms with Crippen LogP contribution in [0.4, 0.5) is 10.5 Å². The number of carbonyl (C=O) groups excluding carboxylic acids is 3. The molecule has 0 aliphatic carbocycles. The van der Waals surface area contributed by atoms with E-state index >= 15 is 0 Å². The molecule has 2 N–H and O–H groups in total. The number of aryl methyl sites for hydroxylation is 3. The first-order valence-corrected chi connectivity index (χ1v) is 14.6. The molecule has 7 heteroatoms. The zero-order valence-electron chi connectivity index (χ0n) is 25.9. The van der Waals surface area contributed by atoms with Crippen molar-refractivity contribution in [2.75, 3.05) is 11.9 Å². The van der Waals surface area contributed by atoms with Crippen molar-refractivity contribution in [1.82, 2.24) is 10.2 Å². The molecule has 0 heterocycles. The predicted octanol–water partition coefficient (Wildman–Crippen LogP) is 7.11. The van der Waals surface area contributed by atoms with Gasteiger partial charge in [0, 0.05) is 12.2 Å². The average Bonchev–Trinajstić information content (AvgIpc) is 2.90. The van der Waals surface area contributed by atoms with E-state index in [1.807, 2.05) is 70.2 Å². The summed E-state index contributed by atoms with van der Waals surface area (Å²) < 4.78 is 5.50. The Balaban J connectivity index is 2.59. The summed E-state index contributed by atoms with van der Waals surface area (Å²) in [5, 5.41) is 5.95. The molecular formula is C33H49N3O4. The molecule has 0 spiro atoms. The summed E-state index contributed by atoms with van der Waals surface area (Å²) in [4.78, 5) is 42.9. The maximum Gasteiger partial charge on any atom is 0.408 e. The highest BCUT2D eigenvalue weighted by Crippen LogP contribution is 2.29. The Morgan fingerprint density at radius 1 is 0.950 bits per heavy atom. The smallest absolute Gasteiger partial charge is 0.408 e. The first kappa shape index (κ1) is 32.9. The van der Waals surface area contributed by atoms with E-state index in [-0.39, 0.29) is 17.7 Å². The van der Waals surface area contributed by atoms with Gasteiger partial charge in [0.2, 0.25) is 5.91 Å². The van der Waals surface area contributed by atoms with Crippen LogP contribution in [0.1, 0.15) is 96.0 Å². The summed E-state index contributed by atoms with van der Waals surface area (Å²) >= 11 is 0. The number of hydrogen-bond donors (Lipinski definition) is 2. The molecule has 3 unspecified atom stereocenters. The minimum absolute atomic E-state index is 0.172. The number of amides is 3. The van der Waals surface area contributed by atoms with Crippen molar-refractivity contribution >= 4 is 23.6 Å². The molecule has 0 aromatic heterocycles. The zero-order chi connectivity index (χ0) is 30.0. The summed E-state index contributed by atoms with van der Waals surface area (Å²) in [6, 6.07) is 12.0. The molecular weight excluding hydrogens is 502 g/mol. The summed E-state index contributed by atoms with van der Waals surface area (Å²) in [5.74, 6) is -0.755. The maximum atomic E-state index is 14.4. The van der Waals surface area contributed by atoms with Crippen LogP contribution < -0.4 is 10.6 Å². The van der Waals surface area contributed by atoms with Gasteiger partial charge in [-0.05, 0) is 75.6 Å². The number of ether oxygens (including phenoxy) is 1. The zero-order valence-corrected chi connectivity index (χ0v) is 25.9. The number of unbranched alkanes of at least 4 members (excludes halogenated alkanes) is 1. The molecule has 2 aromatic carbocycles. The molecule has 220 valence electrons. The Kier molecular flexibility index (Phi) is 12.2. The van der Waals surface area contributed by atoms with Gasteiger partial charge in [0.1, 0.15) is 17.7 Å². The summed E-state index contributed by atoms with van der Waals surface area (Å²) in [5.41, 5.74) is 3.81. The average molecular weight is 552 g/mol. The van der Waals surface area contributed by atoms with Gasteiger partial charge in [0.15, 0.2) is 0 Å². The van der Waals surface area contributed by atoms with Crippen molar-refractivity contribution in [2.45, 2.75) is 106 Å². The van der Waals surface area contributed by atoms with Crippen LogP contribution in [-0.4, -0.2) is 41.0 Å². The van der Waals surface area contributed by atoms with E-state index in [4.69, 9.17) is 4.74 Å². The number of hydrogen-bond acceptors (Lipinski definition) is 4. The van der Waals surface area contributed by atoms with Crippen molar-refractivity contribution in [3.05, 3.63) is 64.7 Å². The second-order valence-electron chi connectivity index (χ2n) is 11.6. The SMILES string of the molecule is CCCCN(C(=O)C(NC(=O)OC(C)(C)C)C(C)CC)C(C(=O)Nc1c(C)cccc1C)c1ccc(CC)cc1. The van der Waals surface area contributed by atoms with Gasteiger partial charge in [-0.15, -0.1) is 0 Å². The van der Waals surface area contributed by atoms with E-state index in [9.17, 15) is 14.4 Å². The minimum Gasteiger partial charge on any atom is -0.444 e. The molecule has 0 saturated heterocycles. The molecule has 2 aromatic rings. The molecule has 0 radical (unpaired) electrons. The third kappa shape index (κ3) is 9.10. The highest BCUT2D eigenvalue weighted by Gasteiger charge is 2.38. The Labute approximate surface area is 241 Å². The van der Waals surface area contributed by atoms with Crippen LogP contribution in [0.25, 0.3) is 0 Å². The summed E-state index contributed by atoms with van der Waals surface area (Å²) in [6.07, 6.45) is 2.44. The second-order valence-corrected chi connectivity index (χ2v) is 11.6. The van der Waals surface area contributed by atoms with Crippen LogP contribution in [0.15, 0.2) is 42.5 Å². The molecule has 0 saturated carbocycles. The number of rotatable bonds is 12. The van der Waals surface area contributed by atoms with Crippen molar-refractivity contribution in [1.29, 1.82) is 0 Å². The summed E-state index contributed by atoms with van der Waals surface area (Å²) in [6.45, 7) is 17.7. The fraction of sp³-hybridized carbons (Fsp3) is 0.545. The topological polar surface area (TPSA) is 87.7 Å². The molecule has 0 fully saturated rings. The fourth-order valence-corrected chi connectivity index (χ4v) is 4.60. The normalized spacial score (nSPS) is 13.6. The lowest BCUT2D eigenvalue weighted by Gasteiger charge is -2.36. The predicted molar refractivity (Wildman–Crippen MR) is 162 cm³/mol. The van der Waals surface area contributed by atoms with Crippen molar-refractivity contribution in [2.24, 2.45) is 5.92 Å². The first-order chi connectivity index (χ1) is 18.8. The van der Waals surface area contributed by atoms with E-state index in [2.05, 4.69) is 24.5 Å². The highest BCUT2D eigenvalue weighted by molar-refractivity contribution is 6.00. The molecule has 7 nitrogen and oxygen atoms in total. The standard InChI is InChI=1S/C33H49N3O4/c1-10-13-21-36(31(38)28(22(4)11-2)35-32(39)40-33(7,8)9)29(26-19-17-25(12-3)18-20-26)30(37)34-27-23(5)15-14-16-24(27)6/h14-20,22,28-29H,10-13,21H2,1-9H3,(H,34,37)(H,35,39). The number of para-hydroxylation sites is 1. The lowest BCUT2D eigenvalue weighted by Crippen LogP contribution is -2.55. The van der Waals surface area contributed by atoms with Gasteiger partial charge >= 0.3 is 6.09 Å². The van der Waals surface area contributed by atoms with Crippen LogP contribution in [-0.2, 0) is 20.7 Å². The third-order valence-corrected chi connectivity index (χ3v) is 7.18. The van der Waals surface area contributed by atoms with E-state index < -0.39 is 23.8 Å². The van der Waals surface area contributed by atoms with Crippen molar-refractivity contribution < 1.29 is 19.1 Å². The number of nitrogens with one attached hydrogen (secondary N) is 2. The Hall–Kier alpha value is -3.35. The summed E-state index contributed by atoms with van der Waals surface area (Å²) in [7, 11) is 0. The lowest BCUT2D eigenvalue weighted by molar-refractivity contribution is -0.142. The van der Waals surface area contributed by atoms with Crippen LogP contribution in [0.2, 0.25) is 0 Å². The highest BCUT2D eigenvalue weighted by atomic mass is 16.6. The van der Waals surface area contributed by atoms with E-state index in [1.54, 1.807) is 25.7 Å². The quantitative estimate of drug-likeness (QED) is 0.294. The molecule has 40 heavy (non-hydrogen) atoms. The largest absolute Gasteiger partial charge is 0.444 e. The monoisotopic (exact) mass is 551 g/mol. The van der Waals surface area contributed by atoms with Crippen LogP contribution in [0.3, 0.4) is 0 Å². The Morgan fingerprint density at radius 3 is 2.05 bits per heavy atom. The Bertz CT molecular complexity index is 1120. The first-order valence-electron chi connectivity index (χ1n) is 14.6. The fourth-order valence-electron chi connectivity index (χ4n) is 4.60. The van der Waals surface area contributed by atoms with Gasteiger partial charge in [-0.3, -0.25) is 9.59 Å². The van der Waals surface area contributed by atoms with Gasteiger partial charge in [0.05, 0.1) is 0 Å². The second kappa shape index (κ2) is 14.9. The Morgan fingerprint density at radius 2 is 1.55 bits per heavy atom. The molecule has 3 amide bonds. The molecule has 0 bridgehead atoms. The number of benzene rings is 2. The number of carbonyl (C=O) groups is 3. The minimum atomic E-state index is -0.879. The third-order valence-electron chi connectivity index (χ3n) is 7.18. The number of anilines is 1. The van der Waals surface area contributed by atoms with Crippen molar-refractivity contribution in [3.63, 3.8) is 0 Å². The van der Waals surface area contributed by atoms with Crippen LogP contribution >= 0.6 is 0 Å². The number of alkyl carbamates (subject to hydrolysis) is 1. The molecule has 2 rings (SSSR count). The van der Waals surface area contributed by atoms with Gasteiger partial charge in [-0.1, -0.05) is 83.0 Å². The van der Waals surface area contributed by atoms with Gasteiger partial charge in [-0.25, -0.2) is 4.79 Å². The van der Waals surface area contributed by atoms with Crippen LogP contribution in [0.5, 0.6) is 0 Å². The number of nitrogens with zero attached hydrogens (tertiary/aromatic N) is 1. The molecule has 0 aliphatic heterocycles. The van der Waals surface area contributed by atoms with Crippen LogP contribution in [0, 0.1) is 19.8 Å². The van der Waals surface area contributed by atoms with Gasteiger partial charge in [-0.2, -0.15) is 0 Å². The molecule has 3 atom stereocenters. The van der Waals surface area contributed by atoms with E-state index in [0.29, 0.717) is 19.4 Å².